The Kier molecular flexibility index (Phi) is 6.49. The molecule has 0 bridgehead atoms. The Morgan fingerprint density at radius 2 is 1.70 bits per heavy atom. The lowest BCUT2D eigenvalue weighted by Crippen LogP contribution is -2.54. The van der Waals surface area contributed by atoms with E-state index in [1.807, 2.05) is 12.1 Å². The first-order chi connectivity index (χ1) is 15.8. The van der Waals surface area contributed by atoms with Crippen LogP contribution in [-0.4, -0.2) is 17.8 Å². The molecule has 0 aromatic heterocycles. The number of hydrogen-bond acceptors (Lipinski definition) is 4. The molecule has 1 fully saturated rings. The number of halogens is 2. The highest BCUT2D eigenvalue weighted by molar-refractivity contribution is 6.39. The molecule has 1 saturated heterocycles. The van der Waals surface area contributed by atoms with Gasteiger partial charge in [0.2, 0.25) is 0 Å². The van der Waals surface area contributed by atoms with Crippen molar-refractivity contribution in [3.63, 3.8) is 0 Å². The van der Waals surface area contributed by atoms with Crippen molar-refractivity contribution in [1.82, 2.24) is 5.32 Å². The Balaban J connectivity index is 1.57. The first-order valence-electron chi connectivity index (χ1n) is 9.97. The van der Waals surface area contributed by atoms with E-state index in [2.05, 4.69) is 5.32 Å². The molecule has 4 amide bonds. The van der Waals surface area contributed by atoms with Gasteiger partial charge in [-0.1, -0.05) is 59.6 Å². The molecular formula is C25H18Cl2N2O4. The van der Waals surface area contributed by atoms with Gasteiger partial charge in [-0.3, -0.25) is 14.9 Å². The topological polar surface area (TPSA) is 75.7 Å². The van der Waals surface area contributed by atoms with Gasteiger partial charge in [0.15, 0.2) is 0 Å². The van der Waals surface area contributed by atoms with Crippen molar-refractivity contribution < 1.29 is 19.1 Å². The third kappa shape index (κ3) is 4.92. The second-order valence-corrected chi connectivity index (χ2v) is 8.19. The summed E-state index contributed by atoms with van der Waals surface area (Å²) in [7, 11) is 0. The van der Waals surface area contributed by atoms with Crippen molar-refractivity contribution in [3.05, 3.63) is 99.0 Å². The molecule has 0 aliphatic carbocycles. The fraction of sp³-hybridized carbons (Fsp3) is 0.0800. The lowest BCUT2D eigenvalue weighted by molar-refractivity contribution is -0.122. The Morgan fingerprint density at radius 1 is 0.970 bits per heavy atom. The largest absolute Gasteiger partial charge is 0.487 e. The van der Waals surface area contributed by atoms with Gasteiger partial charge in [0, 0.05) is 5.02 Å². The van der Waals surface area contributed by atoms with Gasteiger partial charge in [-0.2, -0.15) is 0 Å². The average Bonchev–Trinajstić information content (AvgIpc) is 2.78. The number of imide groups is 2. The molecule has 0 radical (unpaired) electrons. The lowest BCUT2D eigenvalue weighted by Gasteiger charge is -2.27. The van der Waals surface area contributed by atoms with Crippen LogP contribution in [0.2, 0.25) is 10.0 Å². The molecule has 1 heterocycles. The molecule has 6 nitrogen and oxygen atoms in total. The third-order valence-corrected chi connectivity index (χ3v) is 5.58. The van der Waals surface area contributed by atoms with Crippen molar-refractivity contribution in [2.45, 2.75) is 13.5 Å². The van der Waals surface area contributed by atoms with Gasteiger partial charge in [0.25, 0.3) is 11.8 Å². The second-order valence-electron chi connectivity index (χ2n) is 7.35. The predicted molar refractivity (Wildman–Crippen MR) is 127 cm³/mol. The van der Waals surface area contributed by atoms with E-state index in [1.165, 1.54) is 6.08 Å². The number of nitrogens with zero attached hydrogens (tertiary/aromatic N) is 1. The van der Waals surface area contributed by atoms with Crippen LogP contribution in [-0.2, 0) is 16.2 Å². The summed E-state index contributed by atoms with van der Waals surface area (Å²) in [5.41, 5.74) is 2.38. The van der Waals surface area contributed by atoms with Crippen LogP contribution >= 0.6 is 23.2 Å². The van der Waals surface area contributed by atoms with E-state index < -0.39 is 17.8 Å². The van der Waals surface area contributed by atoms with E-state index in [1.54, 1.807) is 61.5 Å². The molecular weight excluding hydrogens is 463 g/mol. The quantitative estimate of drug-likeness (QED) is 0.383. The highest BCUT2D eigenvalue weighted by Gasteiger charge is 2.37. The fourth-order valence-electron chi connectivity index (χ4n) is 3.32. The predicted octanol–water partition coefficient (Wildman–Crippen LogP) is 5.55. The number of ether oxygens (including phenoxy) is 1. The maximum Gasteiger partial charge on any atom is 0.335 e. The number of carbonyl (C=O) groups is 3. The smallest absolute Gasteiger partial charge is 0.335 e. The summed E-state index contributed by atoms with van der Waals surface area (Å²) >= 11 is 12.2. The summed E-state index contributed by atoms with van der Waals surface area (Å²) in [6, 6.07) is 18.3. The fourth-order valence-corrected chi connectivity index (χ4v) is 3.69. The van der Waals surface area contributed by atoms with Crippen LogP contribution in [0.5, 0.6) is 5.75 Å². The number of nitrogens with one attached hydrogen (secondary N) is 1. The molecule has 0 spiro atoms. The molecule has 0 saturated carbocycles. The Hall–Kier alpha value is -3.61. The first kappa shape index (κ1) is 22.6. The van der Waals surface area contributed by atoms with E-state index >= 15 is 0 Å². The molecule has 8 heteroatoms. The summed E-state index contributed by atoms with van der Waals surface area (Å²) in [5, 5.41) is 3.17. The highest BCUT2D eigenvalue weighted by Crippen LogP contribution is 2.29. The van der Waals surface area contributed by atoms with Crippen LogP contribution in [0.3, 0.4) is 0 Å². The van der Waals surface area contributed by atoms with Crippen LogP contribution < -0.4 is 15.0 Å². The minimum Gasteiger partial charge on any atom is -0.487 e. The Morgan fingerprint density at radius 3 is 2.39 bits per heavy atom. The van der Waals surface area contributed by atoms with Gasteiger partial charge in [0.05, 0.1) is 10.7 Å². The summed E-state index contributed by atoms with van der Waals surface area (Å²) in [6.07, 6.45) is 1.39. The van der Waals surface area contributed by atoms with Crippen molar-refractivity contribution in [2.75, 3.05) is 4.90 Å². The monoisotopic (exact) mass is 480 g/mol. The number of barbiturate groups is 1. The zero-order valence-corrected chi connectivity index (χ0v) is 19.0. The number of para-hydroxylation sites is 1. The molecule has 3 aromatic carbocycles. The maximum atomic E-state index is 13.0. The van der Waals surface area contributed by atoms with Gasteiger partial charge >= 0.3 is 6.03 Å². The van der Waals surface area contributed by atoms with Crippen molar-refractivity contribution in [1.29, 1.82) is 0 Å². The summed E-state index contributed by atoms with van der Waals surface area (Å²) in [5.74, 6) is -1.03. The SMILES string of the molecule is Cc1ccccc1N1C(=O)NC(=O)/C(=C\c2ccc(OCc3ccc(Cl)cc3)c(Cl)c2)C1=O. The van der Waals surface area contributed by atoms with Crippen molar-refractivity contribution in [3.8, 4) is 5.75 Å². The van der Waals surface area contributed by atoms with Crippen LogP contribution in [0.4, 0.5) is 10.5 Å². The Labute approximate surface area is 200 Å². The maximum absolute atomic E-state index is 13.0. The molecule has 166 valence electrons. The van der Waals surface area contributed by atoms with Crippen molar-refractivity contribution in [2.24, 2.45) is 0 Å². The molecule has 0 atom stereocenters. The molecule has 1 aliphatic heterocycles. The van der Waals surface area contributed by atoms with Crippen LogP contribution in [0, 0.1) is 6.92 Å². The minimum atomic E-state index is -0.791. The van der Waals surface area contributed by atoms with Crippen LogP contribution in [0.25, 0.3) is 6.08 Å². The van der Waals surface area contributed by atoms with Crippen LogP contribution in [0.1, 0.15) is 16.7 Å². The number of carbonyl (C=O) groups excluding carboxylic acids is 3. The van der Waals surface area contributed by atoms with E-state index in [0.717, 1.165) is 16.0 Å². The summed E-state index contributed by atoms with van der Waals surface area (Å²) in [4.78, 5) is 38.8. The molecule has 3 aromatic rings. The lowest BCUT2D eigenvalue weighted by atomic mass is 10.1. The van der Waals surface area contributed by atoms with Crippen LogP contribution in [0.15, 0.2) is 72.3 Å². The number of aryl methyl sites for hydroxylation is 1. The molecule has 4 rings (SSSR count). The van der Waals surface area contributed by atoms with E-state index in [0.29, 0.717) is 33.7 Å². The standard InChI is InChI=1S/C25H18Cl2N2O4/c1-15-4-2-3-5-21(15)29-24(31)19(23(30)28-25(29)32)12-17-8-11-22(20(27)13-17)33-14-16-6-9-18(26)10-7-16/h2-13H,14H2,1H3,(H,28,30,32)/b19-12+. The number of urea groups is 1. The van der Waals surface area contributed by atoms with E-state index in [9.17, 15) is 14.4 Å². The molecule has 0 unspecified atom stereocenters. The molecule has 1 aliphatic rings. The summed E-state index contributed by atoms with van der Waals surface area (Å²) in [6.45, 7) is 2.07. The first-order valence-corrected chi connectivity index (χ1v) is 10.7. The highest BCUT2D eigenvalue weighted by atomic mass is 35.5. The van der Waals surface area contributed by atoms with Gasteiger partial charge in [-0.25, -0.2) is 9.69 Å². The minimum absolute atomic E-state index is 0.177. The van der Waals surface area contributed by atoms with Gasteiger partial charge in [0.1, 0.15) is 17.9 Å². The Bertz CT molecular complexity index is 1290. The van der Waals surface area contributed by atoms with Gasteiger partial charge < -0.3 is 4.74 Å². The number of amides is 4. The van der Waals surface area contributed by atoms with E-state index in [4.69, 9.17) is 27.9 Å². The van der Waals surface area contributed by atoms with Gasteiger partial charge in [-0.05, 0) is 60.0 Å². The van der Waals surface area contributed by atoms with Crippen molar-refractivity contribution >= 4 is 52.8 Å². The number of anilines is 1. The third-order valence-electron chi connectivity index (χ3n) is 5.03. The zero-order valence-electron chi connectivity index (χ0n) is 17.5. The van der Waals surface area contributed by atoms with E-state index in [-0.39, 0.29) is 5.57 Å². The summed E-state index contributed by atoms with van der Waals surface area (Å²) < 4.78 is 5.76. The number of benzene rings is 3. The second kappa shape index (κ2) is 9.48. The number of hydrogen-bond donors (Lipinski definition) is 1. The average molecular weight is 481 g/mol. The molecule has 1 N–H and O–H groups in total. The molecule has 33 heavy (non-hydrogen) atoms. The number of rotatable bonds is 5. The van der Waals surface area contributed by atoms with Gasteiger partial charge in [-0.15, -0.1) is 0 Å². The normalized spacial score (nSPS) is 15.1. The zero-order chi connectivity index (χ0) is 23.5.